The third-order valence-corrected chi connectivity index (χ3v) is 5.57. The van der Waals surface area contributed by atoms with Crippen LogP contribution in [0.4, 0.5) is 0 Å². The Morgan fingerprint density at radius 3 is 2.59 bits per heavy atom. The number of carbonyl (C=O) groups excluding carboxylic acids is 2. The van der Waals surface area contributed by atoms with Gasteiger partial charge in [-0.05, 0) is 25.7 Å². The summed E-state index contributed by atoms with van der Waals surface area (Å²) in [7, 11) is 1.52. The second kappa shape index (κ2) is 8.65. The predicted molar refractivity (Wildman–Crippen MR) is 99.5 cm³/mol. The van der Waals surface area contributed by atoms with Gasteiger partial charge >= 0.3 is 0 Å². The number of carbonyl (C=O) groups is 2. The molecule has 2 fully saturated rings. The van der Waals surface area contributed by atoms with Crippen LogP contribution in [-0.4, -0.2) is 71.5 Å². The molecule has 1 aromatic rings. The lowest BCUT2D eigenvalue weighted by Crippen LogP contribution is -2.40. The Bertz CT molecular complexity index is 739. The molecule has 0 saturated carbocycles. The van der Waals surface area contributed by atoms with E-state index in [2.05, 4.69) is 4.98 Å². The number of likely N-dealkylation sites (tertiary alicyclic amines) is 2. The van der Waals surface area contributed by atoms with E-state index in [9.17, 15) is 14.4 Å². The van der Waals surface area contributed by atoms with Crippen LogP contribution < -0.4 is 5.56 Å². The summed E-state index contributed by atoms with van der Waals surface area (Å²) >= 11 is 0. The molecular weight excluding hydrogens is 348 g/mol. The summed E-state index contributed by atoms with van der Waals surface area (Å²) in [5.41, 5.74) is 0.630. The van der Waals surface area contributed by atoms with Gasteiger partial charge < -0.3 is 19.5 Å². The molecule has 1 aromatic heterocycles. The van der Waals surface area contributed by atoms with E-state index >= 15 is 0 Å². The fourth-order valence-corrected chi connectivity index (χ4v) is 4.02. The Labute approximate surface area is 158 Å². The summed E-state index contributed by atoms with van der Waals surface area (Å²) in [5, 5.41) is 0. The molecule has 2 aliphatic rings. The number of rotatable bonds is 4. The van der Waals surface area contributed by atoms with Crippen molar-refractivity contribution in [2.45, 2.75) is 44.4 Å². The van der Waals surface area contributed by atoms with Crippen LogP contribution in [0.3, 0.4) is 0 Å². The number of nitrogens with one attached hydrogen (secondary N) is 1. The van der Waals surface area contributed by atoms with Gasteiger partial charge in [0.15, 0.2) is 0 Å². The molecule has 1 unspecified atom stereocenters. The van der Waals surface area contributed by atoms with Gasteiger partial charge in [0.25, 0.3) is 5.56 Å². The predicted octanol–water partition coefficient (Wildman–Crippen LogP) is 0.848. The van der Waals surface area contributed by atoms with Gasteiger partial charge in [-0.25, -0.2) is 4.98 Å². The first-order chi connectivity index (χ1) is 13.0. The normalized spacial score (nSPS) is 21.3. The second-order valence-electron chi connectivity index (χ2n) is 7.45. The van der Waals surface area contributed by atoms with Crippen LogP contribution in [0.5, 0.6) is 0 Å². The summed E-state index contributed by atoms with van der Waals surface area (Å²) < 4.78 is 4.91. The maximum Gasteiger partial charge on any atom is 0.251 e. The van der Waals surface area contributed by atoms with Crippen molar-refractivity contribution >= 4 is 11.8 Å². The van der Waals surface area contributed by atoms with Crippen LogP contribution in [0.1, 0.15) is 56.0 Å². The van der Waals surface area contributed by atoms with E-state index < -0.39 is 0 Å². The topological polar surface area (TPSA) is 95.6 Å². The number of hydrogen-bond donors (Lipinski definition) is 1. The smallest absolute Gasteiger partial charge is 0.251 e. The van der Waals surface area contributed by atoms with Gasteiger partial charge in [-0.3, -0.25) is 14.4 Å². The Balaban J connectivity index is 1.70. The van der Waals surface area contributed by atoms with E-state index in [1.807, 2.05) is 4.90 Å². The van der Waals surface area contributed by atoms with Crippen molar-refractivity contribution in [3.63, 3.8) is 0 Å². The highest BCUT2D eigenvalue weighted by Crippen LogP contribution is 2.28. The number of methoxy groups -OCH3 is 1. The number of ether oxygens (including phenoxy) is 1. The molecule has 2 aliphatic heterocycles. The zero-order valence-corrected chi connectivity index (χ0v) is 16.1. The number of piperidine rings is 2. The van der Waals surface area contributed by atoms with E-state index in [0.29, 0.717) is 25.5 Å². The van der Waals surface area contributed by atoms with E-state index in [1.165, 1.54) is 7.11 Å². The molecule has 3 rings (SSSR count). The highest BCUT2D eigenvalue weighted by Gasteiger charge is 2.28. The molecule has 0 radical (unpaired) electrons. The van der Waals surface area contributed by atoms with Gasteiger partial charge in [-0.1, -0.05) is 0 Å². The summed E-state index contributed by atoms with van der Waals surface area (Å²) in [6, 6.07) is 1.56. The number of aromatic amines is 1. The highest BCUT2D eigenvalue weighted by molar-refractivity contribution is 5.77. The van der Waals surface area contributed by atoms with E-state index in [4.69, 9.17) is 9.72 Å². The molecule has 0 bridgehead atoms. The van der Waals surface area contributed by atoms with E-state index in [0.717, 1.165) is 37.9 Å². The summed E-state index contributed by atoms with van der Waals surface area (Å²) in [5.74, 6) is 1.01. The second-order valence-corrected chi connectivity index (χ2v) is 7.45. The maximum atomic E-state index is 12.2. The van der Waals surface area contributed by atoms with Crippen LogP contribution in [0.25, 0.3) is 0 Å². The Hall–Kier alpha value is -2.22. The third-order valence-electron chi connectivity index (χ3n) is 5.57. The number of H-pyrrole nitrogens is 1. The largest absolute Gasteiger partial charge is 0.375 e. The Kier molecular flexibility index (Phi) is 6.26. The molecule has 148 valence electrons. The number of hydrogen-bond acceptors (Lipinski definition) is 5. The monoisotopic (exact) mass is 376 g/mol. The standard InChI is InChI=1S/C19H28N4O4/c1-13(24)23-7-3-4-15(11-23)16-10-17(25)21-19(20-16)14-5-8-22(9-6-14)18(26)12-27-2/h10,14-15H,3-9,11-12H2,1-2H3,(H,20,21,25). The van der Waals surface area contributed by atoms with Crippen LogP contribution in [-0.2, 0) is 14.3 Å². The zero-order chi connectivity index (χ0) is 19.4. The first-order valence-corrected chi connectivity index (χ1v) is 9.61. The lowest BCUT2D eigenvalue weighted by molar-refractivity contribution is -0.136. The third kappa shape index (κ3) is 4.74. The average molecular weight is 376 g/mol. The first kappa shape index (κ1) is 19.5. The van der Waals surface area contributed by atoms with Crippen LogP contribution in [0.2, 0.25) is 0 Å². The molecule has 0 aliphatic carbocycles. The van der Waals surface area contributed by atoms with E-state index in [1.54, 1.807) is 17.9 Å². The molecule has 0 aromatic carbocycles. The summed E-state index contributed by atoms with van der Waals surface area (Å²) in [6.45, 7) is 4.36. The molecule has 27 heavy (non-hydrogen) atoms. The average Bonchev–Trinajstić information content (AvgIpc) is 2.68. The van der Waals surface area contributed by atoms with Crippen LogP contribution in [0, 0.1) is 0 Å². The summed E-state index contributed by atoms with van der Waals surface area (Å²) in [4.78, 5) is 47.1. The first-order valence-electron chi connectivity index (χ1n) is 9.61. The Morgan fingerprint density at radius 1 is 1.19 bits per heavy atom. The van der Waals surface area contributed by atoms with Crippen molar-refractivity contribution in [3.8, 4) is 0 Å². The lowest BCUT2D eigenvalue weighted by Gasteiger charge is -2.33. The van der Waals surface area contributed by atoms with Crippen LogP contribution >= 0.6 is 0 Å². The Morgan fingerprint density at radius 2 is 1.93 bits per heavy atom. The fourth-order valence-electron chi connectivity index (χ4n) is 4.02. The number of amides is 2. The van der Waals surface area contributed by atoms with Crippen molar-refractivity contribution in [3.05, 3.63) is 27.9 Å². The molecule has 3 heterocycles. The van der Waals surface area contributed by atoms with Crippen molar-refractivity contribution in [2.24, 2.45) is 0 Å². The molecule has 8 nitrogen and oxygen atoms in total. The van der Waals surface area contributed by atoms with Crippen molar-refractivity contribution in [2.75, 3.05) is 39.9 Å². The van der Waals surface area contributed by atoms with Gasteiger partial charge in [0.2, 0.25) is 11.8 Å². The minimum atomic E-state index is -0.146. The minimum absolute atomic E-state index is 0.00215. The van der Waals surface area contributed by atoms with Gasteiger partial charge in [-0.15, -0.1) is 0 Å². The molecule has 1 atom stereocenters. The molecular formula is C19H28N4O4. The fraction of sp³-hybridized carbons (Fsp3) is 0.684. The van der Waals surface area contributed by atoms with Crippen molar-refractivity contribution in [1.82, 2.24) is 19.8 Å². The molecule has 2 amide bonds. The van der Waals surface area contributed by atoms with Crippen LogP contribution in [0.15, 0.2) is 10.9 Å². The van der Waals surface area contributed by atoms with E-state index in [-0.39, 0.29) is 35.8 Å². The lowest BCUT2D eigenvalue weighted by atomic mass is 9.93. The quantitative estimate of drug-likeness (QED) is 0.840. The number of aromatic nitrogens is 2. The molecule has 8 heteroatoms. The van der Waals surface area contributed by atoms with Gasteiger partial charge in [0.1, 0.15) is 12.4 Å². The van der Waals surface area contributed by atoms with Crippen molar-refractivity contribution in [1.29, 1.82) is 0 Å². The number of nitrogens with zero attached hydrogens (tertiary/aromatic N) is 3. The minimum Gasteiger partial charge on any atom is -0.375 e. The SMILES string of the molecule is COCC(=O)N1CCC(c2nc(C3CCCN(C(C)=O)C3)cc(=O)[nH]2)CC1. The van der Waals surface area contributed by atoms with Gasteiger partial charge in [0, 0.05) is 58.1 Å². The highest BCUT2D eigenvalue weighted by atomic mass is 16.5. The molecule has 0 spiro atoms. The maximum absolute atomic E-state index is 12.2. The van der Waals surface area contributed by atoms with Gasteiger partial charge in [0.05, 0.1) is 5.69 Å². The molecule has 1 N–H and O–H groups in total. The summed E-state index contributed by atoms with van der Waals surface area (Å²) in [6.07, 6.45) is 3.40. The zero-order valence-electron chi connectivity index (χ0n) is 16.1. The molecule has 2 saturated heterocycles. The van der Waals surface area contributed by atoms with Gasteiger partial charge in [-0.2, -0.15) is 0 Å². The van der Waals surface area contributed by atoms with Crippen molar-refractivity contribution < 1.29 is 14.3 Å².